The summed E-state index contributed by atoms with van der Waals surface area (Å²) in [6.45, 7) is 2.05. The van der Waals surface area contributed by atoms with E-state index < -0.39 is 0 Å². The van der Waals surface area contributed by atoms with Crippen LogP contribution in [0.15, 0.2) is 11.4 Å². The molecular formula is C15H19NO2S. The second-order valence-electron chi connectivity index (χ2n) is 5.00. The number of aliphatic hydroxyl groups excluding tert-OH is 1. The van der Waals surface area contributed by atoms with Crippen LogP contribution < -0.4 is 5.32 Å². The fourth-order valence-corrected chi connectivity index (χ4v) is 3.19. The predicted molar refractivity (Wildman–Crippen MR) is 77.2 cm³/mol. The van der Waals surface area contributed by atoms with Crippen molar-refractivity contribution in [1.29, 1.82) is 0 Å². The summed E-state index contributed by atoms with van der Waals surface area (Å²) in [5.74, 6) is 5.96. The number of nitrogens with one attached hydrogen (secondary N) is 1. The Labute approximate surface area is 118 Å². The first-order valence-electron chi connectivity index (χ1n) is 6.70. The van der Waals surface area contributed by atoms with Crippen molar-refractivity contribution in [3.63, 3.8) is 0 Å². The van der Waals surface area contributed by atoms with E-state index in [0.717, 1.165) is 11.3 Å². The molecule has 19 heavy (non-hydrogen) atoms. The van der Waals surface area contributed by atoms with Crippen LogP contribution >= 0.6 is 11.3 Å². The number of hydrogen-bond donors (Lipinski definition) is 2. The Balaban J connectivity index is 1.97. The molecule has 0 radical (unpaired) electrons. The van der Waals surface area contributed by atoms with Crippen molar-refractivity contribution < 1.29 is 9.90 Å². The Morgan fingerprint density at radius 3 is 3.05 bits per heavy atom. The molecule has 1 aromatic rings. The molecule has 1 fully saturated rings. The van der Waals surface area contributed by atoms with Gasteiger partial charge in [0.1, 0.15) is 6.61 Å². The molecule has 1 aliphatic rings. The highest BCUT2D eigenvalue weighted by Crippen LogP contribution is 2.24. The first kappa shape index (κ1) is 14.1. The highest BCUT2D eigenvalue weighted by molar-refractivity contribution is 7.10. The molecule has 1 aliphatic carbocycles. The average Bonchev–Trinajstić information content (AvgIpc) is 2.88. The topological polar surface area (TPSA) is 49.3 Å². The van der Waals surface area contributed by atoms with Gasteiger partial charge in [0.05, 0.1) is 10.4 Å². The monoisotopic (exact) mass is 277 g/mol. The van der Waals surface area contributed by atoms with Gasteiger partial charge >= 0.3 is 0 Å². The summed E-state index contributed by atoms with van der Waals surface area (Å²) in [5.41, 5.74) is 0.671. The minimum Gasteiger partial charge on any atom is -0.384 e. The van der Waals surface area contributed by atoms with Gasteiger partial charge in [0, 0.05) is 11.4 Å². The van der Waals surface area contributed by atoms with Crippen LogP contribution in [-0.4, -0.2) is 23.7 Å². The number of carbonyl (C=O) groups excluding carboxylic acids is 1. The molecule has 1 amide bonds. The van der Waals surface area contributed by atoms with Gasteiger partial charge in [-0.3, -0.25) is 4.79 Å². The zero-order valence-corrected chi connectivity index (χ0v) is 11.9. The normalized spacial score (nSPS) is 22.4. The van der Waals surface area contributed by atoms with Crippen molar-refractivity contribution in [3.8, 4) is 11.8 Å². The number of aliphatic hydroxyl groups is 1. The summed E-state index contributed by atoms with van der Waals surface area (Å²) in [7, 11) is 0. The number of thiophene rings is 1. The van der Waals surface area contributed by atoms with E-state index in [1.165, 1.54) is 30.6 Å². The molecule has 2 atom stereocenters. The van der Waals surface area contributed by atoms with E-state index >= 15 is 0 Å². The molecule has 1 aromatic heterocycles. The Hall–Kier alpha value is -1.31. The molecular weight excluding hydrogens is 258 g/mol. The third kappa shape index (κ3) is 3.82. The average molecular weight is 277 g/mol. The largest absolute Gasteiger partial charge is 0.384 e. The minimum atomic E-state index is -0.154. The van der Waals surface area contributed by atoms with Crippen LogP contribution in [0.5, 0.6) is 0 Å². The Morgan fingerprint density at radius 1 is 1.53 bits per heavy atom. The molecule has 0 saturated heterocycles. The highest BCUT2D eigenvalue weighted by Gasteiger charge is 2.23. The van der Waals surface area contributed by atoms with Crippen LogP contribution in [0.25, 0.3) is 0 Å². The zero-order chi connectivity index (χ0) is 13.7. The molecule has 2 unspecified atom stereocenters. The molecule has 4 heteroatoms. The van der Waals surface area contributed by atoms with Gasteiger partial charge in [-0.25, -0.2) is 0 Å². The maximum absolute atomic E-state index is 12.1. The van der Waals surface area contributed by atoms with Crippen LogP contribution in [0.1, 0.15) is 47.8 Å². The zero-order valence-electron chi connectivity index (χ0n) is 11.1. The van der Waals surface area contributed by atoms with Crippen molar-refractivity contribution in [2.75, 3.05) is 6.61 Å². The minimum absolute atomic E-state index is 0.00736. The lowest BCUT2D eigenvalue weighted by atomic mass is 9.86. The number of hydrogen-bond acceptors (Lipinski definition) is 3. The quantitative estimate of drug-likeness (QED) is 0.816. The van der Waals surface area contributed by atoms with Gasteiger partial charge < -0.3 is 10.4 Å². The Bertz CT molecular complexity index is 498. The lowest BCUT2D eigenvalue weighted by Crippen LogP contribution is -2.40. The van der Waals surface area contributed by atoms with Gasteiger partial charge in [0.2, 0.25) is 0 Å². The summed E-state index contributed by atoms with van der Waals surface area (Å²) in [6.07, 6.45) is 4.75. The van der Waals surface area contributed by atoms with Crippen LogP contribution in [0.4, 0.5) is 0 Å². The van der Waals surface area contributed by atoms with Crippen molar-refractivity contribution in [3.05, 3.63) is 21.9 Å². The van der Waals surface area contributed by atoms with E-state index in [1.54, 1.807) is 6.07 Å². The molecule has 0 aliphatic heterocycles. The lowest BCUT2D eigenvalue weighted by Gasteiger charge is -2.29. The van der Waals surface area contributed by atoms with E-state index in [-0.39, 0.29) is 12.5 Å². The first-order chi connectivity index (χ1) is 9.20. The van der Waals surface area contributed by atoms with Gasteiger partial charge in [-0.05, 0) is 24.8 Å². The van der Waals surface area contributed by atoms with E-state index in [1.807, 2.05) is 5.38 Å². The SMILES string of the molecule is CC1CCCCC1NC(=O)c1csc(C#CCO)c1. The highest BCUT2D eigenvalue weighted by atomic mass is 32.1. The second-order valence-corrected chi connectivity index (χ2v) is 5.91. The summed E-state index contributed by atoms with van der Waals surface area (Å²) in [4.78, 5) is 13.0. The van der Waals surface area contributed by atoms with Crippen molar-refractivity contribution >= 4 is 17.2 Å². The van der Waals surface area contributed by atoms with E-state index in [9.17, 15) is 4.79 Å². The molecule has 102 valence electrons. The fourth-order valence-electron chi connectivity index (χ4n) is 2.43. The number of rotatable bonds is 2. The fraction of sp³-hybridized carbons (Fsp3) is 0.533. The standard InChI is InChI=1S/C15H19NO2S/c1-11-5-2-3-7-14(11)16-15(18)12-9-13(19-10-12)6-4-8-17/h9-11,14,17H,2-3,5,7-8H2,1H3,(H,16,18). The van der Waals surface area contributed by atoms with Crippen LogP contribution in [-0.2, 0) is 0 Å². The van der Waals surface area contributed by atoms with Gasteiger partial charge in [0.25, 0.3) is 5.91 Å². The molecule has 1 heterocycles. The maximum atomic E-state index is 12.1. The van der Waals surface area contributed by atoms with E-state index in [0.29, 0.717) is 17.5 Å². The summed E-state index contributed by atoms with van der Waals surface area (Å²) >= 11 is 1.44. The molecule has 2 N–H and O–H groups in total. The third-order valence-corrected chi connectivity index (χ3v) is 4.43. The predicted octanol–water partition coefficient (Wildman–Crippen LogP) is 2.40. The molecule has 1 saturated carbocycles. The van der Waals surface area contributed by atoms with Gasteiger partial charge in [0.15, 0.2) is 0 Å². The van der Waals surface area contributed by atoms with Crippen LogP contribution in [0, 0.1) is 17.8 Å². The van der Waals surface area contributed by atoms with Gasteiger partial charge in [-0.1, -0.05) is 31.6 Å². The first-order valence-corrected chi connectivity index (χ1v) is 7.58. The third-order valence-electron chi connectivity index (χ3n) is 3.58. The molecule has 0 aromatic carbocycles. The smallest absolute Gasteiger partial charge is 0.252 e. The Morgan fingerprint density at radius 2 is 2.32 bits per heavy atom. The van der Waals surface area contributed by atoms with Crippen molar-refractivity contribution in [1.82, 2.24) is 5.32 Å². The van der Waals surface area contributed by atoms with Crippen LogP contribution in [0.2, 0.25) is 0 Å². The maximum Gasteiger partial charge on any atom is 0.252 e. The van der Waals surface area contributed by atoms with Crippen molar-refractivity contribution in [2.45, 2.75) is 38.6 Å². The summed E-state index contributed by atoms with van der Waals surface area (Å²) in [5, 5.41) is 13.6. The molecule has 0 spiro atoms. The summed E-state index contributed by atoms with van der Waals surface area (Å²) in [6, 6.07) is 2.09. The van der Waals surface area contributed by atoms with Gasteiger partial charge in [-0.2, -0.15) is 0 Å². The second kappa shape index (κ2) is 6.74. The molecule has 0 bridgehead atoms. The van der Waals surface area contributed by atoms with Crippen molar-refractivity contribution in [2.24, 2.45) is 5.92 Å². The Kier molecular flexibility index (Phi) is 5.00. The number of carbonyl (C=O) groups is 1. The van der Waals surface area contributed by atoms with Gasteiger partial charge in [-0.15, -0.1) is 11.3 Å². The van der Waals surface area contributed by atoms with E-state index in [2.05, 4.69) is 24.1 Å². The number of amides is 1. The molecule has 2 rings (SSSR count). The summed E-state index contributed by atoms with van der Waals surface area (Å²) < 4.78 is 0. The lowest BCUT2D eigenvalue weighted by molar-refractivity contribution is 0.0910. The molecule has 3 nitrogen and oxygen atoms in total. The van der Waals surface area contributed by atoms with Crippen LogP contribution in [0.3, 0.4) is 0 Å². The van der Waals surface area contributed by atoms with E-state index in [4.69, 9.17) is 5.11 Å².